The summed E-state index contributed by atoms with van der Waals surface area (Å²) < 4.78 is 54.7. The highest BCUT2D eigenvalue weighted by molar-refractivity contribution is 6.30. The maximum Gasteiger partial charge on any atom is 0.142 e. The van der Waals surface area contributed by atoms with Gasteiger partial charge in [0, 0.05) is 17.2 Å². The summed E-state index contributed by atoms with van der Waals surface area (Å²) in [6.07, 6.45) is -0.160. The number of likely N-dealkylation sites (N-methyl/N-ethyl adjacent to an activating group) is 1. The van der Waals surface area contributed by atoms with E-state index in [1.807, 2.05) is 0 Å². The number of nitrogens with one attached hydrogen (secondary N) is 1. The van der Waals surface area contributed by atoms with E-state index >= 15 is 0 Å². The molecule has 0 aliphatic rings. The van der Waals surface area contributed by atoms with Crippen LogP contribution in [0, 0.1) is 23.3 Å². The zero-order valence-corrected chi connectivity index (χ0v) is 11.8. The van der Waals surface area contributed by atoms with E-state index in [1.54, 1.807) is 0 Å². The first-order valence-corrected chi connectivity index (χ1v) is 6.56. The number of benzene rings is 2. The first kappa shape index (κ1) is 15.8. The number of halogens is 5. The Bertz CT molecular complexity index is 640. The summed E-state index contributed by atoms with van der Waals surface area (Å²) in [5.74, 6) is -2.99. The molecule has 1 atom stereocenters. The Morgan fingerprint density at radius 1 is 1.00 bits per heavy atom. The van der Waals surface area contributed by atoms with Crippen molar-refractivity contribution in [1.82, 2.24) is 5.32 Å². The molecule has 1 nitrogen and oxygen atoms in total. The van der Waals surface area contributed by atoms with Gasteiger partial charge >= 0.3 is 0 Å². The molecule has 21 heavy (non-hydrogen) atoms. The van der Waals surface area contributed by atoms with Crippen LogP contribution in [0.25, 0.3) is 0 Å². The molecule has 2 aromatic rings. The highest BCUT2D eigenvalue weighted by atomic mass is 35.5. The minimum Gasteiger partial charge on any atom is -0.313 e. The highest BCUT2D eigenvalue weighted by Crippen LogP contribution is 2.27. The summed E-state index contributed by atoms with van der Waals surface area (Å²) in [6, 6.07) is 4.45. The van der Waals surface area contributed by atoms with Gasteiger partial charge in [0.05, 0.1) is 5.02 Å². The van der Waals surface area contributed by atoms with Gasteiger partial charge in [-0.15, -0.1) is 0 Å². The van der Waals surface area contributed by atoms with E-state index in [-0.39, 0.29) is 22.6 Å². The second-order valence-electron chi connectivity index (χ2n) is 4.53. The van der Waals surface area contributed by atoms with Crippen LogP contribution < -0.4 is 5.32 Å². The first-order valence-electron chi connectivity index (χ1n) is 6.18. The molecule has 0 saturated heterocycles. The second-order valence-corrected chi connectivity index (χ2v) is 4.94. The summed E-state index contributed by atoms with van der Waals surface area (Å²) in [7, 11) is 1.50. The van der Waals surface area contributed by atoms with Crippen LogP contribution >= 0.6 is 11.6 Å². The van der Waals surface area contributed by atoms with Crippen LogP contribution in [0.2, 0.25) is 5.02 Å². The molecular formula is C15H12ClF4N. The van der Waals surface area contributed by atoms with E-state index < -0.39 is 29.3 Å². The van der Waals surface area contributed by atoms with Crippen LogP contribution in [0.15, 0.2) is 30.3 Å². The Balaban J connectivity index is 2.39. The van der Waals surface area contributed by atoms with Gasteiger partial charge in [0.2, 0.25) is 0 Å². The zero-order valence-electron chi connectivity index (χ0n) is 11.1. The lowest BCUT2D eigenvalue weighted by atomic mass is 9.97. The Kier molecular flexibility index (Phi) is 4.85. The third-order valence-corrected chi connectivity index (χ3v) is 3.52. The Morgan fingerprint density at radius 3 is 2.19 bits per heavy atom. The van der Waals surface area contributed by atoms with Crippen molar-refractivity contribution in [3.05, 3.63) is 69.8 Å². The fraction of sp³-hybridized carbons (Fsp3) is 0.200. The van der Waals surface area contributed by atoms with Crippen LogP contribution in [0.5, 0.6) is 0 Å². The normalized spacial score (nSPS) is 12.5. The lowest BCUT2D eigenvalue weighted by molar-refractivity contribution is 0.492. The minimum atomic E-state index is -0.790. The minimum absolute atomic E-state index is 0.0398. The molecular weight excluding hydrogens is 306 g/mol. The molecule has 0 aromatic heterocycles. The van der Waals surface area contributed by atoms with Crippen molar-refractivity contribution in [1.29, 1.82) is 0 Å². The summed E-state index contributed by atoms with van der Waals surface area (Å²) in [4.78, 5) is 0. The molecule has 1 unspecified atom stereocenters. The third kappa shape index (κ3) is 3.36. The second kappa shape index (κ2) is 6.45. The van der Waals surface area contributed by atoms with E-state index in [2.05, 4.69) is 5.32 Å². The fourth-order valence-corrected chi connectivity index (χ4v) is 2.25. The van der Waals surface area contributed by atoms with Crippen LogP contribution in [-0.4, -0.2) is 7.05 Å². The standard InChI is InChI=1S/C15H12ClF4N/c1-21-15(6-8-11(17)3-2-4-12(8)18)9-5-14(20)10(16)7-13(9)19/h2-5,7,15,21H,6H2,1H3. The lowest BCUT2D eigenvalue weighted by Crippen LogP contribution is -2.21. The average molecular weight is 318 g/mol. The number of rotatable bonds is 4. The van der Waals surface area contributed by atoms with Gasteiger partial charge in [-0.1, -0.05) is 17.7 Å². The predicted octanol–water partition coefficient (Wildman–Crippen LogP) is 4.40. The summed E-state index contributed by atoms with van der Waals surface area (Å²) >= 11 is 5.49. The van der Waals surface area contributed by atoms with Crippen molar-refractivity contribution in [2.75, 3.05) is 7.05 Å². The fourth-order valence-electron chi connectivity index (χ4n) is 2.10. The van der Waals surface area contributed by atoms with Gasteiger partial charge in [-0.05, 0) is 37.7 Å². The van der Waals surface area contributed by atoms with Crippen molar-refractivity contribution in [2.45, 2.75) is 12.5 Å². The SMILES string of the molecule is CNC(Cc1c(F)cccc1F)c1cc(F)c(Cl)cc1F. The van der Waals surface area contributed by atoms with Gasteiger partial charge in [0.25, 0.3) is 0 Å². The molecule has 0 spiro atoms. The average Bonchev–Trinajstić information content (AvgIpc) is 2.43. The van der Waals surface area contributed by atoms with Gasteiger partial charge < -0.3 is 5.32 Å². The lowest BCUT2D eigenvalue weighted by Gasteiger charge is -2.18. The topological polar surface area (TPSA) is 12.0 Å². The van der Waals surface area contributed by atoms with Gasteiger partial charge in [-0.25, -0.2) is 17.6 Å². The van der Waals surface area contributed by atoms with Crippen molar-refractivity contribution < 1.29 is 17.6 Å². The maximum atomic E-state index is 13.9. The zero-order chi connectivity index (χ0) is 15.6. The van der Waals surface area contributed by atoms with E-state index in [9.17, 15) is 17.6 Å². The number of hydrogen-bond donors (Lipinski definition) is 1. The Labute approximate surface area is 124 Å². The molecule has 0 saturated carbocycles. The summed E-state index contributed by atoms with van der Waals surface area (Å²) in [5.41, 5.74) is -0.228. The van der Waals surface area contributed by atoms with E-state index in [4.69, 9.17) is 11.6 Å². The van der Waals surface area contributed by atoms with Crippen LogP contribution in [0.1, 0.15) is 17.2 Å². The molecule has 0 radical (unpaired) electrons. The van der Waals surface area contributed by atoms with Crippen molar-refractivity contribution in [2.24, 2.45) is 0 Å². The Hall–Kier alpha value is -1.59. The monoisotopic (exact) mass is 317 g/mol. The highest BCUT2D eigenvalue weighted by Gasteiger charge is 2.20. The molecule has 0 aliphatic carbocycles. The largest absolute Gasteiger partial charge is 0.313 e. The molecule has 0 amide bonds. The van der Waals surface area contributed by atoms with E-state index in [0.717, 1.165) is 24.3 Å². The van der Waals surface area contributed by atoms with Gasteiger partial charge in [-0.3, -0.25) is 0 Å². The van der Waals surface area contributed by atoms with Crippen molar-refractivity contribution in [3.63, 3.8) is 0 Å². The van der Waals surface area contributed by atoms with Crippen LogP contribution in [0.3, 0.4) is 0 Å². The third-order valence-electron chi connectivity index (χ3n) is 3.23. The maximum absolute atomic E-state index is 13.9. The first-order chi connectivity index (χ1) is 9.93. The Morgan fingerprint density at radius 2 is 1.62 bits per heavy atom. The smallest absolute Gasteiger partial charge is 0.142 e. The van der Waals surface area contributed by atoms with Crippen molar-refractivity contribution >= 4 is 11.6 Å². The molecule has 1 N–H and O–H groups in total. The van der Waals surface area contributed by atoms with Gasteiger partial charge in [0.15, 0.2) is 0 Å². The molecule has 0 heterocycles. The molecule has 0 fully saturated rings. The molecule has 2 rings (SSSR count). The summed E-state index contributed by atoms with van der Waals surface area (Å²) in [6.45, 7) is 0. The molecule has 6 heteroatoms. The van der Waals surface area contributed by atoms with E-state index in [1.165, 1.54) is 13.1 Å². The van der Waals surface area contributed by atoms with Crippen LogP contribution in [-0.2, 0) is 6.42 Å². The van der Waals surface area contributed by atoms with E-state index in [0.29, 0.717) is 0 Å². The van der Waals surface area contributed by atoms with Gasteiger partial charge in [-0.2, -0.15) is 0 Å². The molecule has 0 aliphatic heterocycles. The summed E-state index contributed by atoms with van der Waals surface area (Å²) in [5, 5.41) is 2.38. The molecule has 0 bridgehead atoms. The van der Waals surface area contributed by atoms with Crippen molar-refractivity contribution in [3.8, 4) is 0 Å². The number of hydrogen-bond acceptors (Lipinski definition) is 1. The predicted molar refractivity (Wildman–Crippen MR) is 73.2 cm³/mol. The van der Waals surface area contributed by atoms with Gasteiger partial charge in [0.1, 0.15) is 23.3 Å². The quantitative estimate of drug-likeness (QED) is 0.651. The molecule has 2 aromatic carbocycles. The van der Waals surface area contributed by atoms with Crippen LogP contribution in [0.4, 0.5) is 17.6 Å². The molecule has 112 valence electrons.